The number of hydrogen-bond donors (Lipinski definition) is 2. The SMILES string of the molecule is COc1cc(-c2cc3[nH]c(=O)[nH]c3cc2C(C)C)cn2ncnc12. The third kappa shape index (κ3) is 2.17. The van der Waals surface area contributed by atoms with Gasteiger partial charge in [0, 0.05) is 11.8 Å². The number of nitrogens with zero attached hydrogens (tertiary/aromatic N) is 3. The second-order valence-corrected chi connectivity index (χ2v) is 6.04. The van der Waals surface area contributed by atoms with Crippen molar-refractivity contribution in [1.82, 2.24) is 24.6 Å². The Morgan fingerprint density at radius 1 is 1.17 bits per heavy atom. The van der Waals surface area contributed by atoms with Crippen LogP contribution in [0.2, 0.25) is 0 Å². The highest BCUT2D eigenvalue weighted by atomic mass is 16.5. The van der Waals surface area contributed by atoms with Crippen molar-refractivity contribution in [3.05, 3.63) is 46.8 Å². The Labute approximate surface area is 137 Å². The van der Waals surface area contributed by atoms with E-state index in [1.54, 1.807) is 11.6 Å². The number of imidazole rings is 1. The first-order valence-corrected chi connectivity index (χ1v) is 7.70. The molecule has 0 atom stereocenters. The lowest BCUT2D eigenvalue weighted by Gasteiger charge is -2.14. The second-order valence-electron chi connectivity index (χ2n) is 6.04. The summed E-state index contributed by atoms with van der Waals surface area (Å²) >= 11 is 0. The third-order valence-corrected chi connectivity index (χ3v) is 4.18. The van der Waals surface area contributed by atoms with Gasteiger partial charge in [-0.1, -0.05) is 13.8 Å². The van der Waals surface area contributed by atoms with Crippen molar-refractivity contribution < 1.29 is 4.74 Å². The van der Waals surface area contributed by atoms with Gasteiger partial charge >= 0.3 is 5.69 Å². The molecule has 7 heteroatoms. The van der Waals surface area contributed by atoms with Crippen LogP contribution in [0.1, 0.15) is 25.3 Å². The van der Waals surface area contributed by atoms with E-state index in [1.165, 1.54) is 6.33 Å². The van der Waals surface area contributed by atoms with E-state index in [4.69, 9.17) is 4.74 Å². The third-order valence-electron chi connectivity index (χ3n) is 4.18. The number of rotatable bonds is 3. The van der Waals surface area contributed by atoms with Gasteiger partial charge in [0.1, 0.15) is 6.33 Å². The molecule has 3 aromatic heterocycles. The topological polar surface area (TPSA) is 88.1 Å². The maximum absolute atomic E-state index is 11.6. The Balaban J connectivity index is 2.04. The molecule has 0 fully saturated rings. The predicted octanol–water partition coefficient (Wildman–Crippen LogP) is 2.70. The number of aromatic amines is 2. The smallest absolute Gasteiger partial charge is 0.323 e. The fourth-order valence-corrected chi connectivity index (χ4v) is 3.02. The van der Waals surface area contributed by atoms with Crippen molar-refractivity contribution in [3.63, 3.8) is 0 Å². The zero-order chi connectivity index (χ0) is 16.8. The Kier molecular flexibility index (Phi) is 3.16. The number of nitrogens with one attached hydrogen (secondary N) is 2. The first kappa shape index (κ1) is 14.5. The summed E-state index contributed by atoms with van der Waals surface area (Å²) in [7, 11) is 1.62. The van der Waals surface area contributed by atoms with Gasteiger partial charge in [-0.2, -0.15) is 5.10 Å². The van der Waals surface area contributed by atoms with E-state index in [0.717, 1.165) is 27.7 Å². The van der Waals surface area contributed by atoms with Crippen molar-refractivity contribution in [2.24, 2.45) is 0 Å². The quantitative estimate of drug-likeness (QED) is 0.607. The molecule has 122 valence electrons. The molecule has 0 unspecified atom stereocenters. The fourth-order valence-electron chi connectivity index (χ4n) is 3.02. The molecule has 3 heterocycles. The highest BCUT2D eigenvalue weighted by Gasteiger charge is 2.15. The number of aromatic nitrogens is 5. The van der Waals surface area contributed by atoms with Crippen LogP contribution in [0.5, 0.6) is 5.75 Å². The number of benzene rings is 1. The van der Waals surface area contributed by atoms with Crippen molar-refractivity contribution in [2.75, 3.05) is 7.11 Å². The molecule has 4 rings (SSSR count). The molecular formula is C17H17N5O2. The molecule has 0 saturated heterocycles. The zero-order valence-electron chi connectivity index (χ0n) is 13.6. The van der Waals surface area contributed by atoms with Gasteiger partial charge in [-0.15, -0.1) is 0 Å². The summed E-state index contributed by atoms with van der Waals surface area (Å²) in [6.45, 7) is 4.25. The molecule has 4 aromatic rings. The summed E-state index contributed by atoms with van der Waals surface area (Å²) < 4.78 is 7.15. The lowest BCUT2D eigenvalue weighted by Crippen LogP contribution is -1.99. The van der Waals surface area contributed by atoms with E-state index in [9.17, 15) is 4.79 Å². The summed E-state index contributed by atoms with van der Waals surface area (Å²) in [5.41, 5.74) is 5.17. The van der Waals surface area contributed by atoms with Gasteiger partial charge in [0.25, 0.3) is 0 Å². The van der Waals surface area contributed by atoms with E-state index >= 15 is 0 Å². The summed E-state index contributed by atoms with van der Waals surface area (Å²) in [4.78, 5) is 21.4. The van der Waals surface area contributed by atoms with Crippen LogP contribution in [0, 0.1) is 0 Å². The van der Waals surface area contributed by atoms with Crippen LogP contribution in [0.25, 0.3) is 27.8 Å². The molecule has 2 N–H and O–H groups in total. The van der Waals surface area contributed by atoms with Crippen LogP contribution >= 0.6 is 0 Å². The monoisotopic (exact) mass is 323 g/mol. The molecule has 0 aliphatic rings. The minimum absolute atomic E-state index is 0.207. The highest BCUT2D eigenvalue weighted by molar-refractivity contribution is 5.85. The Morgan fingerprint density at radius 3 is 2.62 bits per heavy atom. The maximum atomic E-state index is 11.6. The minimum atomic E-state index is -0.207. The van der Waals surface area contributed by atoms with Gasteiger partial charge in [-0.3, -0.25) is 0 Å². The average molecular weight is 323 g/mol. The number of fused-ring (bicyclic) bond motifs is 2. The van der Waals surface area contributed by atoms with Crippen LogP contribution in [-0.2, 0) is 0 Å². The molecule has 1 aromatic carbocycles. The molecule has 0 saturated carbocycles. The van der Waals surface area contributed by atoms with Gasteiger partial charge in [0.15, 0.2) is 11.4 Å². The van der Waals surface area contributed by atoms with Crippen molar-refractivity contribution in [3.8, 4) is 16.9 Å². The molecule has 0 bridgehead atoms. The zero-order valence-corrected chi connectivity index (χ0v) is 13.6. The molecule has 0 amide bonds. The van der Waals surface area contributed by atoms with Gasteiger partial charge in [0.2, 0.25) is 0 Å². The van der Waals surface area contributed by atoms with Gasteiger partial charge < -0.3 is 14.7 Å². The highest BCUT2D eigenvalue weighted by Crippen LogP contribution is 2.34. The number of pyridine rings is 1. The Bertz CT molecular complexity index is 1100. The molecule has 0 spiro atoms. The van der Waals surface area contributed by atoms with Gasteiger partial charge in [0.05, 0.1) is 18.1 Å². The van der Waals surface area contributed by atoms with Crippen LogP contribution in [0.15, 0.2) is 35.5 Å². The van der Waals surface area contributed by atoms with Crippen LogP contribution in [0.3, 0.4) is 0 Å². The largest absolute Gasteiger partial charge is 0.493 e. The molecule has 24 heavy (non-hydrogen) atoms. The molecule has 0 radical (unpaired) electrons. The van der Waals surface area contributed by atoms with Gasteiger partial charge in [-0.25, -0.2) is 14.3 Å². The Hall–Kier alpha value is -3.09. The number of H-pyrrole nitrogens is 2. The van der Waals surface area contributed by atoms with Crippen LogP contribution in [0.4, 0.5) is 0 Å². The lowest BCUT2D eigenvalue weighted by atomic mass is 9.92. The molecule has 7 nitrogen and oxygen atoms in total. The number of ether oxygens (including phenoxy) is 1. The average Bonchev–Trinajstić information content (AvgIpc) is 3.16. The number of hydrogen-bond acceptors (Lipinski definition) is 4. The summed E-state index contributed by atoms with van der Waals surface area (Å²) in [6, 6.07) is 5.95. The standard InChI is InChI=1S/C17H17N5O2/c1-9(2)11-5-13-14(21-17(23)20-13)6-12(11)10-4-15(24-3)16-18-8-19-22(16)7-10/h4-9H,1-3H3,(H2,20,21,23). The van der Waals surface area contributed by atoms with E-state index in [1.807, 2.05) is 24.4 Å². The molecule has 0 aliphatic carbocycles. The predicted molar refractivity (Wildman–Crippen MR) is 91.5 cm³/mol. The van der Waals surface area contributed by atoms with Crippen LogP contribution < -0.4 is 10.4 Å². The number of methoxy groups -OCH3 is 1. The normalized spacial score (nSPS) is 11.7. The first-order chi connectivity index (χ1) is 11.6. The first-order valence-electron chi connectivity index (χ1n) is 7.70. The van der Waals surface area contributed by atoms with E-state index in [-0.39, 0.29) is 5.69 Å². The van der Waals surface area contributed by atoms with Gasteiger partial charge in [-0.05, 0) is 35.2 Å². The Morgan fingerprint density at radius 2 is 1.92 bits per heavy atom. The summed E-state index contributed by atoms with van der Waals surface area (Å²) in [6.07, 6.45) is 3.42. The summed E-state index contributed by atoms with van der Waals surface area (Å²) in [5.74, 6) is 0.947. The summed E-state index contributed by atoms with van der Waals surface area (Å²) in [5, 5.41) is 4.22. The fraction of sp³-hybridized carbons (Fsp3) is 0.235. The maximum Gasteiger partial charge on any atom is 0.323 e. The minimum Gasteiger partial charge on any atom is -0.493 e. The van der Waals surface area contributed by atoms with E-state index in [0.29, 0.717) is 17.3 Å². The second kappa shape index (κ2) is 5.23. The van der Waals surface area contributed by atoms with E-state index in [2.05, 4.69) is 33.9 Å². The van der Waals surface area contributed by atoms with Crippen molar-refractivity contribution in [1.29, 1.82) is 0 Å². The van der Waals surface area contributed by atoms with E-state index < -0.39 is 0 Å². The molecular weight excluding hydrogens is 306 g/mol. The molecule has 0 aliphatic heterocycles. The van der Waals surface area contributed by atoms with Crippen molar-refractivity contribution >= 4 is 16.7 Å². The lowest BCUT2D eigenvalue weighted by molar-refractivity contribution is 0.417. The van der Waals surface area contributed by atoms with Crippen LogP contribution in [-0.4, -0.2) is 31.7 Å². The van der Waals surface area contributed by atoms with Crippen molar-refractivity contribution in [2.45, 2.75) is 19.8 Å².